The van der Waals surface area contributed by atoms with Crippen LogP contribution < -0.4 is 10.6 Å². The van der Waals surface area contributed by atoms with Crippen molar-refractivity contribution in [2.45, 2.75) is 6.04 Å². The minimum absolute atomic E-state index is 0.0929. The van der Waals surface area contributed by atoms with Crippen LogP contribution in [0.15, 0.2) is 78.9 Å². The number of carbonyl (C=O) groups excluding carboxylic acids is 1. The number of nitro benzene ring substituents is 1. The molecule has 0 saturated heterocycles. The lowest BCUT2D eigenvalue weighted by atomic mass is 9.99. The van der Waals surface area contributed by atoms with Crippen molar-refractivity contribution < 1.29 is 9.72 Å². The number of non-ortho nitro benzene ring substituents is 1. The Balaban J connectivity index is 1.80. The van der Waals surface area contributed by atoms with Gasteiger partial charge in [-0.05, 0) is 17.2 Å². The molecule has 0 unspecified atom stereocenters. The minimum atomic E-state index is -0.545. The first-order chi connectivity index (χ1) is 13.0. The number of rotatable bonds is 5. The number of halogens is 1. The highest BCUT2D eigenvalue weighted by molar-refractivity contribution is 6.33. The molecule has 3 aromatic rings. The summed E-state index contributed by atoms with van der Waals surface area (Å²) in [4.78, 5) is 22.8. The van der Waals surface area contributed by atoms with Crippen LogP contribution >= 0.6 is 11.6 Å². The fourth-order valence-electron chi connectivity index (χ4n) is 2.66. The Morgan fingerprint density at radius 2 is 1.48 bits per heavy atom. The third kappa shape index (κ3) is 4.62. The highest BCUT2D eigenvalue weighted by Gasteiger charge is 2.18. The average molecular weight is 382 g/mol. The molecule has 0 spiro atoms. The Kier molecular flexibility index (Phi) is 5.68. The molecule has 0 saturated carbocycles. The first-order valence-electron chi connectivity index (χ1n) is 8.16. The number of benzene rings is 3. The summed E-state index contributed by atoms with van der Waals surface area (Å²) in [6.07, 6.45) is 0. The molecular weight excluding hydrogens is 366 g/mol. The number of anilines is 1. The van der Waals surface area contributed by atoms with Gasteiger partial charge in [-0.1, -0.05) is 72.3 Å². The number of amides is 2. The zero-order chi connectivity index (χ0) is 19.2. The lowest BCUT2D eigenvalue weighted by molar-refractivity contribution is -0.384. The minimum Gasteiger partial charge on any atom is -0.327 e. The van der Waals surface area contributed by atoms with E-state index in [9.17, 15) is 14.9 Å². The molecule has 3 aromatic carbocycles. The standard InChI is InChI=1S/C20H16ClN3O3/c21-17-13-16(24(26)27)11-12-18(17)22-20(25)23-19(14-7-3-1-4-8-14)15-9-5-2-6-10-15/h1-13,19H,(H2,22,23,25). The molecule has 0 aromatic heterocycles. The normalized spacial score (nSPS) is 10.4. The second-order valence-electron chi connectivity index (χ2n) is 5.77. The van der Waals surface area contributed by atoms with Gasteiger partial charge in [-0.2, -0.15) is 0 Å². The summed E-state index contributed by atoms with van der Waals surface area (Å²) in [7, 11) is 0. The van der Waals surface area contributed by atoms with Crippen LogP contribution in [-0.4, -0.2) is 11.0 Å². The lowest BCUT2D eigenvalue weighted by Crippen LogP contribution is -2.33. The van der Waals surface area contributed by atoms with E-state index in [1.807, 2.05) is 60.7 Å². The Morgan fingerprint density at radius 3 is 1.96 bits per heavy atom. The molecule has 0 aliphatic carbocycles. The maximum atomic E-state index is 12.5. The molecule has 6 nitrogen and oxygen atoms in total. The second kappa shape index (κ2) is 8.33. The van der Waals surface area contributed by atoms with Crippen molar-refractivity contribution in [3.8, 4) is 0 Å². The highest BCUT2D eigenvalue weighted by Crippen LogP contribution is 2.27. The topological polar surface area (TPSA) is 84.3 Å². The fraction of sp³-hybridized carbons (Fsp3) is 0.0500. The van der Waals surface area contributed by atoms with Crippen molar-refractivity contribution in [2.75, 3.05) is 5.32 Å². The number of hydrogen-bond donors (Lipinski definition) is 2. The van der Waals surface area contributed by atoms with Crippen LogP contribution in [-0.2, 0) is 0 Å². The molecule has 27 heavy (non-hydrogen) atoms. The molecule has 3 rings (SSSR count). The summed E-state index contributed by atoms with van der Waals surface area (Å²) >= 11 is 6.04. The number of urea groups is 1. The van der Waals surface area contributed by atoms with Gasteiger partial charge >= 0.3 is 6.03 Å². The number of carbonyl (C=O) groups is 1. The van der Waals surface area contributed by atoms with Crippen LogP contribution in [0.1, 0.15) is 17.2 Å². The lowest BCUT2D eigenvalue weighted by Gasteiger charge is -2.20. The largest absolute Gasteiger partial charge is 0.327 e. The van der Waals surface area contributed by atoms with Gasteiger partial charge in [0, 0.05) is 12.1 Å². The monoisotopic (exact) mass is 381 g/mol. The van der Waals surface area contributed by atoms with E-state index >= 15 is 0 Å². The van der Waals surface area contributed by atoms with Crippen molar-refractivity contribution >= 4 is 29.0 Å². The molecule has 2 N–H and O–H groups in total. The van der Waals surface area contributed by atoms with Gasteiger partial charge in [0.05, 0.1) is 21.7 Å². The molecule has 7 heteroatoms. The Labute approximate surface area is 160 Å². The molecule has 0 aliphatic heterocycles. The van der Waals surface area contributed by atoms with Crippen LogP contribution in [0, 0.1) is 10.1 Å². The second-order valence-corrected chi connectivity index (χ2v) is 6.18. The third-order valence-electron chi connectivity index (χ3n) is 3.95. The molecule has 0 radical (unpaired) electrons. The molecular formula is C20H16ClN3O3. The number of nitrogens with one attached hydrogen (secondary N) is 2. The molecule has 136 valence electrons. The van der Waals surface area contributed by atoms with E-state index < -0.39 is 11.0 Å². The van der Waals surface area contributed by atoms with Crippen LogP contribution in [0.3, 0.4) is 0 Å². The molecule has 0 bridgehead atoms. The van der Waals surface area contributed by atoms with Gasteiger partial charge in [0.15, 0.2) is 0 Å². The Hall–Kier alpha value is -3.38. The zero-order valence-corrected chi connectivity index (χ0v) is 14.9. The van der Waals surface area contributed by atoms with Crippen molar-refractivity contribution in [2.24, 2.45) is 0 Å². The summed E-state index contributed by atoms with van der Waals surface area (Å²) in [5.41, 5.74) is 2.00. The SMILES string of the molecule is O=C(Nc1ccc([N+](=O)[O-])cc1Cl)NC(c1ccccc1)c1ccccc1. The van der Waals surface area contributed by atoms with E-state index in [0.717, 1.165) is 11.1 Å². The first-order valence-corrected chi connectivity index (χ1v) is 8.54. The third-order valence-corrected chi connectivity index (χ3v) is 4.27. The maximum Gasteiger partial charge on any atom is 0.320 e. The van der Waals surface area contributed by atoms with Gasteiger partial charge in [-0.15, -0.1) is 0 Å². The van der Waals surface area contributed by atoms with Crippen LogP contribution in [0.5, 0.6) is 0 Å². The summed E-state index contributed by atoms with van der Waals surface area (Å²) in [6.45, 7) is 0. The van der Waals surface area contributed by atoms with Crippen LogP contribution in [0.4, 0.5) is 16.2 Å². The predicted octanol–water partition coefficient (Wildman–Crippen LogP) is 5.16. The fourth-order valence-corrected chi connectivity index (χ4v) is 2.88. The van der Waals surface area contributed by atoms with Gasteiger partial charge in [0.1, 0.15) is 0 Å². The summed E-state index contributed by atoms with van der Waals surface area (Å²) in [5, 5.41) is 16.4. The predicted molar refractivity (Wildman–Crippen MR) is 105 cm³/mol. The van der Waals surface area contributed by atoms with Gasteiger partial charge in [0.25, 0.3) is 5.69 Å². The summed E-state index contributed by atoms with van der Waals surface area (Å²) in [5.74, 6) is 0. The zero-order valence-electron chi connectivity index (χ0n) is 14.1. The highest BCUT2D eigenvalue weighted by atomic mass is 35.5. The molecule has 0 fully saturated rings. The Morgan fingerprint density at radius 1 is 0.926 bits per heavy atom. The van der Waals surface area contributed by atoms with E-state index in [2.05, 4.69) is 10.6 Å². The van der Waals surface area contributed by atoms with Gasteiger partial charge in [0.2, 0.25) is 0 Å². The van der Waals surface area contributed by atoms with Crippen LogP contribution in [0.2, 0.25) is 5.02 Å². The molecule has 2 amide bonds. The maximum absolute atomic E-state index is 12.5. The van der Waals surface area contributed by atoms with E-state index in [1.165, 1.54) is 18.2 Å². The molecule has 0 aliphatic rings. The van der Waals surface area contributed by atoms with Crippen LogP contribution in [0.25, 0.3) is 0 Å². The van der Waals surface area contributed by atoms with Gasteiger partial charge in [-0.3, -0.25) is 10.1 Å². The quantitative estimate of drug-likeness (QED) is 0.473. The van der Waals surface area contributed by atoms with Crippen molar-refractivity contribution in [1.29, 1.82) is 0 Å². The van der Waals surface area contributed by atoms with Gasteiger partial charge < -0.3 is 10.6 Å². The van der Waals surface area contributed by atoms with E-state index in [4.69, 9.17) is 11.6 Å². The van der Waals surface area contributed by atoms with Crippen molar-refractivity contribution in [3.05, 3.63) is 105 Å². The first kappa shape index (κ1) is 18.4. The number of hydrogen-bond acceptors (Lipinski definition) is 3. The van der Waals surface area contributed by atoms with Crippen molar-refractivity contribution in [1.82, 2.24) is 5.32 Å². The van der Waals surface area contributed by atoms with Crippen molar-refractivity contribution in [3.63, 3.8) is 0 Å². The smallest absolute Gasteiger partial charge is 0.320 e. The number of nitro groups is 1. The van der Waals surface area contributed by atoms with E-state index in [-0.39, 0.29) is 16.8 Å². The number of nitrogens with zero attached hydrogens (tertiary/aromatic N) is 1. The Bertz CT molecular complexity index is 910. The molecule has 0 heterocycles. The molecule has 0 atom stereocenters. The summed E-state index contributed by atoms with van der Waals surface area (Å²) < 4.78 is 0. The van der Waals surface area contributed by atoms with E-state index in [1.54, 1.807) is 0 Å². The van der Waals surface area contributed by atoms with Gasteiger partial charge in [-0.25, -0.2) is 4.79 Å². The average Bonchev–Trinajstić information content (AvgIpc) is 2.69. The van der Waals surface area contributed by atoms with E-state index in [0.29, 0.717) is 5.69 Å². The summed E-state index contributed by atoms with van der Waals surface area (Å²) in [6, 6.07) is 22.2.